The van der Waals surface area contributed by atoms with Crippen LogP contribution < -0.4 is 11.1 Å². The van der Waals surface area contributed by atoms with Crippen molar-refractivity contribution in [2.75, 3.05) is 17.3 Å². The van der Waals surface area contributed by atoms with Crippen molar-refractivity contribution in [2.45, 2.75) is 18.4 Å². The molecular weight excluding hydrogens is 284 g/mol. The van der Waals surface area contributed by atoms with Gasteiger partial charge in [-0.3, -0.25) is 4.98 Å². The van der Waals surface area contributed by atoms with Crippen LogP contribution in [0.5, 0.6) is 0 Å². The quantitative estimate of drug-likeness (QED) is 0.886. The van der Waals surface area contributed by atoms with E-state index in [-0.39, 0.29) is 10.7 Å². The number of nitrogens with zero attached hydrogens (tertiary/aromatic N) is 2. The van der Waals surface area contributed by atoms with E-state index in [9.17, 15) is 8.42 Å². The fourth-order valence-electron chi connectivity index (χ4n) is 1.62. The third-order valence-corrected chi connectivity index (χ3v) is 4.73. The van der Waals surface area contributed by atoms with Gasteiger partial charge in [0, 0.05) is 25.2 Å². The monoisotopic (exact) mass is 298 g/mol. The van der Waals surface area contributed by atoms with Crippen LogP contribution in [0.3, 0.4) is 0 Å². The zero-order valence-corrected chi connectivity index (χ0v) is 12.2. The summed E-state index contributed by atoms with van der Waals surface area (Å²) >= 11 is 1.04. The summed E-state index contributed by atoms with van der Waals surface area (Å²) in [7, 11) is -3.39. The van der Waals surface area contributed by atoms with Gasteiger partial charge in [-0.25, -0.2) is 8.42 Å². The second-order valence-electron chi connectivity index (χ2n) is 4.15. The lowest BCUT2D eigenvalue weighted by Gasteiger charge is -2.07. The average Bonchev–Trinajstić information content (AvgIpc) is 2.69. The van der Waals surface area contributed by atoms with Gasteiger partial charge in [-0.15, -0.1) is 0 Å². The summed E-state index contributed by atoms with van der Waals surface area (Å²) in [4.78, 5) is 4.11. The van der Waals surface area contributed by atoms with Crippen LogP contribution in [0.4, 0.5) is 10.8 Å². The van der Waals surface area contributed by atoms with Crippen molar-refractivity contribution in [2.24, 2.45) is 0 Å². The molecule has 0 aromatic carbocycles. The van der Waals surface area contributed by atoms with Gasteiger partial charge in [-0.1, -0.05) is 0 Å². The lowest BCUT2D eigenvalue weighted by atomic mass is 10.2. The molecule has 0 saturated carbocycles. The Kier molecular flexibility index (Phi) is 3.72. The number of nitrogens with one attached hydrogen (secondary N) is 1. The Balaban J connectivity index is 2.24. The van der Waals surface area contributed by atoms with Gasteiger partial charge in [-0.2, -0.15) is 4.37 Å². The van der Waals surface area contributed by atoms with E-state index in [2.05, 4.69) is 14.7 Å². The number of rotatable bonds is 4. The van der Waals surface area contributed by atoms with Crippen molar-refractivity contribution in [3.8, 4) is 0 Å². The topological polar surface area (TPSA) is 98.0 Å². The van der Waals surface area contributed by atoms with Gasteiger partial charge in [0.2, 0.25) is 0 Å². The molecule has 0 aliphatic heterocycles. The molecule has 0 spiro atoms. The SMILES string of the molecule is Cc1ccncc1CNc1snc(N)c1S(C)(=O)=O. The largest absolute Gasteiger partial charge is 0.382 e. The van der Waals surface area contributed by atoms with Crippen LogP contribution in [-0.4, -0.2) is 24.0 Å². The van der Waals surface area contributed by atoms with E-state index >= 15 is 0 Å². The maximum absolute atomic E-state index is 11.6. The number of pyridine rings is 1. The molecule has 0 amide bonds. The minimum Gasteiger partial charge on any atom is -0.382 e. The van der Waals surface area contributed by atoms with Crippen LogP contribution in [0.2, 0.25) is 0 Å². The third-order valence-electron chi connectivity index (χ3n) is 2.63. The molecule has 2 heterocycles. The molecule has 2 aromatic rings. The molecular formula is C11H14N4O2S2. The van der Waals surface area contributed by atoms with E-state index in [0.29, 0.717) is 11.5 Å². The first-order valence-corrected chi connectivity index (χ1v) is 8.14. The molecule has 0 fully saturated rings. The molecule has 0 bridgehead atoms. The van der Waals surface area contributed by atoms with Gasteiger partial charge in [0.1, 0.15) is 9.90 Å². The number of anilines is 2. The summed E-state index contributed by atoms with van der Waals surface area (Å²) in [6.45, 7) is 2.45. The molecule has 0 aliphatic carbocycles. The van der Waals surface area contributed by atoms with Crippen molar-refractivity contribution < 1.29 is 8.42 Å². The van der Waals surface area contributed by atoms with Crippen LogP contribution in [-0.2, 0) is 16.4 Å². The van der Waals surface area contributed by atoms with Crippen LogP contribution in [0, 0.1) is 6.92 Å². The molecule has 6 nitrogen and oxygen atoms in total. The second-order valence-corrected chi connectivity index (χ2v) is 6.88. The highest BCUT2D eigenvalue weighted by molar-refractivity contribution is 7.91. The summed E-state index contributed by atoms with van der Waals surface area (Å²) in [5.41, 5.74) is 7.67. The minimum atomic E-state index is -3.39. The van der Waals surface area contributed by atoms with E-state index in [4.69, 9.17) is 5.73 Å². The molecule has 0 atom stereocenters. The Morgan fingerprint density at radius 2 is 2.21 bits per heavy atom. The van der Waals surface area contributed by atoms with E-state index < -0.39 is 9.84 Å². The molecule has 19 heavy (non-hydrogen) atoms. The smallest absolute Gasteiger partial charge is 0.182 e. The molecule has 2 aromatic heterocycles. The van der Waals surface area contributed by atoms with Crippen molar-refractivity contribution in [1.82, 2.24) is 9.36 Å². The van der Waals surface area contributed by atoms with Gasteiger partial charge >= 0.3 is 0 Å². The van der Waals surface area contributed by atoms with E-state index in [1.54, 1.807) is 12.4 Å². The van der Waals surface area contributed by atoms with Gasteiger partial charge in [-0.05, 0) is 35.6 Å². The van der Waals surface area contributed by atoms with E-state index in [1.165, 1.54) is 0 Å². The highest BCUT2D eigenvalue weighted by Gasteiger charge is 2.21. The number of hydrogen-bond donors (Lipinski definition) is 2. The Labute approximate surface area is 115 Å². The summed E-state index contributed by atoms with van der Waals surface area (Å²) in [5, 5.41) is 3.52. The predicted octanol–water partition coefficient (Wildman–Crippen LogP) is 1.44. The average molecular weight is 298 g/mol. The molecule has 0 aliphatic rings. The zero-order valence-electron chi connectivity index (χ0n) is 10.5. The van der Waals surface area contributed by atoms with Gasteiger partial charge in [0.05, 0.1) is 0 Å². The number of nitrogen functional groups attached to an aromatic ring is 1. The summed E-state index contributed by atoms with van der Waals surface area (Å²) in [5.74, 6) is 0.0397. The number of nitrogens with two attached hydrogens (primary N) is 1. The maximum atomic E-state index is 11.6. The standard InChI is InChI=1S/C11H14N4O2S2/c1-7-3-4-13-5-8(7)6-14-11-9(19(2,16)17)10(12)15-18-11/h3-5,14H,6H2,1-2H3,(H2,12,15). The molecule has 0 saturated heterocycles. The molecule has 0 radical (unpaired) electrons. The van der Waals surface area contributed by atoms with Gasteiger partial charge in [0.15, 0.2) is 15.7 Å². The van der Waals surface area contributed by atoms with E-state index in [1.807, 2.05) is 13.0 Å². The molecule has 8 heteroatoms. The lowest BCUT2D eigenvalue weighted by molar-refractivity contribution is 0.602. The van der Waals surface area contributed by atoms with Gasteiger partial charge < -0.3 is 11.1 Å². The summed E-state index contributed by atoms with van der Waals surface area (Å²) < 4.78 is 27.2. The second kappa shape index (κ2) is 5.14. The Morgan fingerprint density at radius 3 is 2.84 bits per heavy atom. The molecule has 3 N–H and O–H groups in total. The minimum absolute atomic E-state index is 0.0397. The highest BCUT2D eigenvalue weighted by atomic mass is 32.2. The zero-order chi connectivity index (χ0) is 14.0. The van der Waals surface area contributed by atoms with Gasteiger partial charge in [0.25, 0.3) is 0 Å². The fraction of sp³-hybridized carbons (Fsp3) is 0.273. The van der Waals surface area contributed by atoms with Crippen molar-refractivity contribution in [1.29, 1.82) is 0 Å². The first kappa shape index (κ1) is 13.8. The van der Waals surface area contributed by atoms with Crippen LogP contribution in [0.1, 0.15) is 11.1 Å². The first-order valence-electron chi connectivity index (χ1n) is 5.48. The highest BCUT2D eigenvalue weighted by Crippen LogP contribution is 2.31. The predicted molar refractivity (Wildman–Crippen MR) is 75.9 cm³/mol. The fourth-order valence-corrected chi connectivity index (χ4v) is 3.69. The van der Waals surface area contributed by atoms with Crippen LogP contribution in [0.25, 0.3) is 0 Å². The number of sulfone groups is 1. The Bertz CT molecular complexity index is 694. The third kappa shape index (κ3) is 3.02. The molecule has 2 rings (SSSR count). The Hall–Kier alpha value is -1.67. The molecule has 102 valence electrons. The maximum Gasteiger partial charge on any atom is 0.182 e. The van der Waals surface area contributed by atoms with Crippen LogP contribution in [0.15, 0.2) is 23.4 Å². The Morgan fingerprint density at radius 1 is 1.47 bits per heavy atom. The van der Waals surface area contributed by atoms with Crippen molar-refractivity contribution >= 4 is 32.2 Å². The summed E-state index contributed by atoms with van der Waals surface area (Å²) in [6, 6.07) is 1.90. The van der Waals surface area contributed by atoms with E-state index in [0.717, 1.165) is 28.9 Å². The van der Waals surface area contributed by atoms with Crippen molar-refractivity contribution in [3.05, 3.63) is 29.6 Å². The summed E-state index contributed by atoms with van der Waals surface area (Å²) in [6.07, 6.45) is 4.58. The number of aryl methyl sites for hydroxylation is 1. The molecule has 0 unspecified atom stereocenters. The normalized spacial score (nSPS) is 11.5. The van der Waals surface area contributed by atoms with Crippen LogP contribution >= 0.6 is 11.5 Å². The van der Waals surface area contributed by atoms with Crippen molar-refractivity contribution in [3.63, 3.8) is 0 Å². The number of hydrogen-bond acceptors (Lipinski definition) is 7. The number of aromatic nitrogens is 2. The lowest BCUT2D eigenvalue weighted by Crippen LogP contribution is -2.06. The first-order chi connectivity index (χ1) is 8.89.